The summed E-state index contributed by atoms with van der Waals surface area (Å²) in [5.74, 6) is 0.824. The van der Waals surface area contributed by atoms with Crippen LogP contribution in [0.4, 0.5) is 0 Å². The van der Waals surface area contributed by atoms with Gasteiger partial charge in [-0.05, 0) is 18.8 Å². The zero-order valence-corrected chi connectivity index (χ0v) is 10.0. The van der Waals surface area contributed by atoms with Crippen LogP contribution in [0.3, 0.4) is 0 Å². The molecule has 2 atom stereocenters. The van der Waals surface area contributed by atoms with Crippen molar-refractivity contribution in [3.8, 4) is 0 Å². The van der Waals surface area contributed by atoms with Crippen LogP contribution in [0.1, 0.15) is 46.0 Å². The zero-order chi connectivity index (χ0) is 11.3. The largest absolute Gasteiger partial charge is 0.338 e. The summed E-state index contributed by atoms with van der Waals surface area (Å²) in [5.41, 5.74) is 5.66. The van der Waals surface area contributed by atoms with E-state index in [0.29, 0.717) is 30.8 Å². The Morgan fingerprint density at radius 2 is 2.33 bits per heavy atom. The first-order valence-electron chi connectivity index (χ1n) is 6.18. The highest BCUT2D eigenvalue weighted by molar-refractivity contribution is 5.77. The van der Waals surface area contributed by atoms with E-state index >= 15 is 0 Å². The second kappa shape index (κ2) is 6.11. The van der Waals surface area contributed by atoms with Crippen molar-refractivity contribution in [2.45, 2.75) is 52.0 Å². The van der Waals surface area contributed by atoms with E-state index in [2.05, 4.69) is 13.8 Å². The van der Waals surface area contributed by atoms with Gasteiger partial charge in [0.05, 0.1) is 0 Å². The molecular weight excluding hydrogens is 188 g/mol. The Morgan fingerprint density at radius 1 is 1.60 bits per heavy atom. The molecule has 0 saturated carbocycles. The van der Waals surface area contributed by atoms with Gasteiger partial charge in [0.2, 0.25) is 5.91 Å². The fourth-order valence-electron chi connectivity index (χ4n) is 2.42. The van der Waals surface area contributed by atoms with Crippen LogP contribution in [0.2, 0.25) is 0 Å². The first kappa shape index (κ1) is 12.5. The molecule has 3 heteroatoms. The molecule has 0 aromatic rings. The molecule has 0 aliphatic carbocycles. The predicted molar refractivity (Wildman–Crippen MR) is 62.5 cm³/mol. The lowest BCUT2D eigenvalue weighted by Crippen LogP contribution is -2.40. The highest BCUT2D eigenvalue weighted by Crippen LogP contribution is 2.20. The quantitative estimate of drug-likeness (QED) is 0.755. The smallest absolute Gasteiger partial charge is 0.223 e. The van der Waals surface area contributed by atoms with Crippen LogP contribution in [0.25, 0.3) is 0 Å². The molecule has 0 aromatic heterocycles. The Morgan fingerprint density at radius 3 is 2.93 bits per heavy atom. The first-order chi connectivity index (χ1) is 7.19. The van der Waals surface area contributed by atoms with Gasteiger partial charge in [-0.3, -0.25) is 4.79 Å². The molecule has 1 rings (SSSR count). The molecule has 88 valence electrons. The monoisotopic (exact) mass is 212 g/mol. The summed E-state index contributed by atoms with van der Waals surface area (Å²) in [6.07, 6.45) is 5.21. The Balaban J connectivity index is 2.38. The second-order valence-electron chi connectivity index (χ2n) is 4.72. The van der Waals surface area contributed by atoms with Crippen LogP contribution >= 0.6 is 0 Å². The Labute approximate surface area is 93.0 Å². The van der Waals surface area contributed by atoms with Gasteiger partial charge < -0.3 is 10.6 Å². The third-order valence-corrected chi connectivity index (χ3v) is 3.27. The average Bonchev–Trinajstić information content (AvgIpc) is 2.65. The summed E-state index contributed by atoms with van der Waals surface area (Å²) >= 11 is 0. The molecule has 3 nitrogen and oxygen atoms in total. The van der Waals surface area contributed by atoms with Gasteiger partial charge in [-0.2, -0.15) is 0 Å². The molecule has 0 aromatic carbocycles. The molecule has 1 amide bonds. The summed E-state index contributed by atoms with van der Waals surface area (Å²) in [7, 11) is 0. The molecule has 0 spiro atoms. The van der Waals surface area contributed by atoms with Crippen LogP contribution in [0.15, 0.2) is 0 Å². The fourth-order valence-corrected chi connectivity index (χ4v) is 2.42. The molecule has 1 saturated heterocycles. The third kappa shape index (κ3) is 3.49. The minimum atomic E-state index is 0.309. The molecular formula is C12H24N2O. The number of likely N-dealkylation sites (tertiary alicyclic amines) is 1. The van der Waals surface area contributed by atoms with E-state index in [0.717, 1.165) is 32.2 Å². The van der Waals surface area contributed by atoms with E-state index in [1.54, 1.807) is 0 Å². The van der Waals surface area contributed by atoms with Crippen molar-refractivity contribution in [1.29, 1.82) is 0 Å². The molecule has 0 radical (unpaired) electrons. The van der Waals surface area contributed by atoms with Crippen LogP contribution in [0, 0.1) is 5.92 Å². The molecule has 1 fully saturated rings. The number of hydrogen-bond acceptors (Lipinski definition) is 2. The summed E-state index contributed by atoms with van der Waals surface area (Å²) in [4.78, 5) is 14.0. The van der Waals surface area contributed by atoms with Gasteiger partial charge >= 0.3 is 0 Å². The first-order valence-corrected chi connectivity index (χ1v) is 6.18. The van der Waals surface area contributed by atoms with E-state index in [9.17, 15) is 4.79 Å². The summed E-state index contributed by atoms with van der Waals surface area (Å²) in [6, 6.07) is 0.311. The Bertz CT molecular complexity index is 206. The van der Waals surface area contributed by atoms with Crippen molar-refractivity contribution in [1.82, 2.24) is 4.90 Å². The van der Waals surface area contributed by atoms with E-state index in [4.69, 9.17) is 5.73 Å². The number of nitrogens with zero attached hydrogens (tertiary/aromatic N) is 1. The van der Waals surface area contributed by atoms with Gasteiger partial charge in [0.25, 0.3) is 0 Å². The lowest BCUT2D eigenvalue weighted by molar-refractivity contribution is -0.132. The van der Waals surface area contributed by atoms with Crippen molar-refractivity contribution < 1.29 is 4.79 Å². The normalized spacial score (nSPS) is 23.1. The fraction of sp³-hybridized carbons (Fsp3) is 0.917. The lowest BCUT2D eigenvalue weighted by atomic mass is 10.0. The number of carbonyl (C=O) groups is 1. The lowest BCUT2D eigenvalue weighted by Gasteiger charge is -2.24. The van der Waals surface area contributed by atoms with Gasteiger partial charge in [-0.25, -0.2) is 0 Å². The van der Waals surface area contributed by atoms with Crippen molar-refractivity contribution in [2.75, 3.05) is 13.1 Å². The maximum atomic E-state index is 12.0. The third-order valence-electron chi connectivity index (χ3n) is 3.27. The van der Waals surface area contributed by atoms with Crippen LogP contribution < -0.4 is 5.73 Å². The molecule has 1 heterocycles. The van der Waals surface area contributed by atoms with E-state index in [1.165, 1.54) is 0 Å². The minimum absolute atomic E-state index is 0.309. The van der Waals surface area contributed by atoms with Crippen molar-refractivity contribution in [3.63, 3.8) is 0 Å². The van der Waals surface area contributed by atoms with Crippen LogP contribution in [-0.4, -0.2) is 29.9 Å². The van der Waals surface area contributed by atoms with Crippen molar-refractivity contribution in [2.24, 2.45) is 11.7 Å². The van der Waals surface area contributed by atoms with E-state index in [1.807, 2.05) is 4.90 Å². The van der Waals surface area contributed by atoms with Gasteiger partial charge in [0, 0.05) is 25.6 Å². The minimum Gasteiger partial charge on any atom is -0.338 e. The number of rotatable bonds is 5. The topological polar surface area (TPSA) is 46.3 Å². The number of amides is 1. The average molecular weight is 212 g/mol. The summed E-state index contributed by atoms with van der Waals surface area (Å²) in [6.45, 7) is 5.86. The van der Waals surface area contributed by atoms with Gasteiger partial charge in [-0.1, -0.05) is 26.7 Å². The van der Waals surface area contributed by atoms with Gasteiger partial charge in [0.1, 0.15) is 0 Å². The molecule has 2 N–H and O–H groups in total. The van der Waals surface area contributed by atoms with E-state index in [-0.39, 0.29) is 0 Å². The highest BCUT2D eigenvalue weighted by atomic mass is 16.2. The molecule has 15 heavy (non-hydrogen) atoms. The zero-order valence-electron chi connectivity index (χ0n) is 10.0. The predicted octanol–water partition coefficient (Wildman–Crippen LogP) is 1.76. The SMILES string of the molecule is CCCC(C)CC(=O)N1CCCC1CN. The Kier molecular flexibility index (Phi) is 5.09. The second-order valence-corrected chi connectivity index (χ2v) is 4.72. The number of hydrogen-bond donors (Lipinski definition) is 1. The van der Waals surface area contributed by atoms with E-state index < -0.39 is 0 Å². The maximum absolute atomic E-state index is 12.0. The summed E-state index contributed by atoms with van der Waals surface area (Å²) < 4.78 is 0. The molecule has 2 unspecified atom stereocenters. The maximum Gasteiger partial charge on any atom is 0.223 e. The molecule has 1 aliphatic rings. The highest BCUT2D eigenvalue weighted by Gasteiger charge is 2.27. The molecule has 0 bridgehead atoms. The van der Waals surface area contributed by atoms with Crippen molar-refractivity contribution in [3.05, 3.63) is 0 Å². The standard InChI is InChI=1S/C12H24N2O/c1-3-5-10(2)8-12(15)14-7-4-6-11(14)9-13/h10-11H,3-9,13H2,1-2H3. The van der Waals surface area contributed by atoms with Crippen molar-refractivity contribution >= 4 is 5.91 Å². The van der Waals surface area contributed by atoms with Crippen LogP contribution in [-0.2, 0) is 4.79 Å². The number of carbonyl (C=O) groups excluding carboxylic acids is 1. The van der Waals surface area contributed by atoms with Crippen LogP contribution in [0.5, 0.6) is 0 Å². The Hall–Kier alpha value is -0.570. The molecule has 1 aliphatic heterocycles. The van der Waals surface area contributed by atoms with Gasteiger partial charge in [-0.15, -0.1) is 0 Å². The summed E-state index contributed by atoms with van der Waals surface area (Å²) in [5, 5.41) is 0. The number of nitrogens with two attached hydrogens (primary N) is 1. The van der Waals surface area contributed by atoms with Gasteiger partial charge in [0.15, 0.2) is 0 Å².